The molecule has 1 fully saturated rings. The van der Waals surface area contributed by atoms with E-state index in [1.54, 1.807) is 18.4 Å². The van der Waals surface area contributed by atoms with Crippen molar-refractivity contribution in [1.29, 1.82) is 0 Å². The smallest absolute Gasteiger partial charge is 0.317 e. The van der Waals surface area contributed by atoms with Crippen LogP contribution in [-0.4, -0.2) is 28.6 Å². The number of amides is 2. The van der Waals surface area contributed by atoms with Crippen LogP contribution >= 0.6 is 0 Å². The van der Waals surface area contributed by atoms with Crippen LogP contribution in [0.2, 0.25) is 0 Å². The minimum Gasteiger partial charge on any atom is -0.467 e. The molecule has 1 aliphatic heterocycles. The molecule has 130 valence electrons. The van der Waals surface area contributed by atoms with Gasteiger partial charge in [0.1, 0.15) is 23.4 Å². The Balaban J connectivity index is 1.56. The Kier molecular flexibility index (Phi) is 4.94. The molecule has 3 rings (SSSR count). The molecular formula is C18H24N2O4. The van der Waals surface area contributed by atoms with E-state index in [0.717, 1.165) is 29.9 Å². The number of carbonyl (C=O) groups is 1. The zero-order valence-corrected chi connectivity index (χ0v) is 14.1. The number of aliphatic hydroxyl groups excluding tert-OH is 1. The zero-order valence-electron chi connectivity index (χ0n) is 14.1. The average molecular weight is 332 g/mol. The molecule has 2 atom stereocenters. The molecule has 2 amide bonds. The molecule has 0 bridgehead atoms. The second-order valence-corrected chi connectivity index (χ2v) is 6.35. The summed E-state index contributed by atoms with van der Waals surface area (Å²) >= 11 is 0. The first-order valence-electron chi connectivity index (χ1n) is 8.36. The molecule has 24 heavy (non-hydrogen) atoms. The molecule has 0 spiro atoms. The van der Waals surface area contributed by atoms with Crippen LogP contribution in [0.4, 0.5) is 4.79 Å². The van der Waals surface area contributed by atoms with Crippen LogP contribution in [0.25, 0.3) is 0 Å². The molecule has 0 aromatic carbocycles. The van der Waals surface area contributed by atoms with E-state index in [1.807, 2.05) is 24.8 Å². The summed E-state index contributed by atoms with van der Waals surface area (Å²) in [7, 11) is 0. The third kappa shape index (κ3) is 3.64. The van der Waals surface area contributed by atoms with Gasteiger partial charge in [0, 0.05) is 31.1 Å². The predicted molar refractivity (Wildman–Crippen MR) is 88.4 cm³/mol. The molecule has 6 nitrogen and oxygen atoms in total. The molecule has 0 radical (unpaired) electrons. The first-order valence-corrected chi connectivity index (χ1v) is 8.36. The maximum Gasteiger partial charge on any atom is 0.317 e. The van der Waals surface area contributed by atoms with Crippen molar-refractivity contribution in [3.05, 3.63) is 47.3 Å². The van der Waals surface area contributed by atoms with Gasteiger partial charge in [0.05, 0.1) is 6.26 Å². The van der Waals surface area contributed by atoms with Crippen LogP contribution in [0.15, 0.2) is 33.3 Å². The van der Waals surface area contributed by atoms with E-state index in [2.05, 4.69) is 5.32 Å². The molecular weight excluding hydrogens is 308 g/mol. The van der Waals surface area contributed by atoms with Gasteiger partial charge in [0.2, 0.25) is 0 Å². The number of nitrogens with zero attached hydrogens (tertiary/aromatic N) is 1. The summed E-state index contributed by atoms with van der Waals surface area (Å²) in [5.41, 5.74) is 0.993. The van der Waals surface area contributed by atoms with Gasteiger partial charge >= 0.3 is 6.03 Å². The summed E-state index contributed by atoms with van der Waals surface area (Å²) in [6.45, 7) is 4.95. The van der Waals surface area contributed by atoms with Crippen molar-refractivity contribution in [3.8, 4) is 0 Å². The number of likely N-dealkylation sites (tertiary alicyclic amines) is 1. The number of aliphatic hydroxyl groups is 1. The quantitative estimate of drug-likeness (QED) is 0.880. The van der Waals surface area contributed by atoms with E-state index in [-0.39, 0.29) is 12.1 Å². The van der Waals surface area contributed by atoms with Crippen molar-refractivity contribution in [1.82, 2.24) is 10.2 Å². The number of hydrogen-bond acceptors (Lipinski definition) is 4. The van der Waals surface area contributed by atoms with Gasteiger partial charge in [-0.1, -0.05) is 0 Å². The van der Waals surface area contributed by atoms with E-state index in [9.17, 15) is 9.90 Å². The zero-order chi connectivity index (χ0) is 17.1. The lowest BCUT2D eigenvalue weighted by molar-refractivity contribution is 0.108. The third-order valence-corrected chi connectivity index (χ3v) is 4.58. The highest BCUT2D eigenvalue weighted by Crippen LogP contribution is 2.27. The Bertz CT molecular complexity index is 677. The Morgan fingerprint density at radius 3 is 3.00 bits per heavy atom. The molecule has 0 saturated carbocycles. The lowest BCUT2D eigenvalue weighted by atomic mass is 10.1. The van der Waals surface area contributed by atoms with Crippen molar-refractivity contribution < 1.29 is 18.7 Å². The van der Waals surface area contributed by atoms with Gasteiger partial charge < -0.3 is 24.2 Å². The van der Waals surface area contributed by atoms with Crippen LogP contribution in [0.5, 0.6) is 0 Å². The van der Waals surface area contributed by atoms with Gasteiger partial charge in [0.25, 0.3) is 0 Å². The monoisotopic (exact) mass is 332 g/mol. The van der Waals surface area contributed by atoms with Crippen molar-refractivity contribution in [2.24, 2.45) is 0 Å². The fourth-order valence-electron chi connectivity index (χ4n) is 3.33. The number of carbonyl (C=O) groups excluding carboxylic acids is 1. The van der Waals surface area contributed by atoms with Gasteiger partial charge in [-0.3, -0.25) is 0 Å². The minimum absolute atomic E-state index is 0.0253. The van der Waals surface area contributed by atoms with Crippen LogP contribution in [0.3, 0.4) is 0 Å². The normalized spacial score (nSPS) is 18.8. The fourth-order valence-corrected chi connectivity index (χ4v) is 3.33. The van der Waals surface area contributed by atoms with Gasteiger partial charge in [-0.05, 0) is 44.9 Å². The van der Waals surface area contributed by atoms with E-state index in [0.29, 0.717) is 25.3 Å². The minimum atomic E-state index is -0.683. The summed E-state index contributed by atoms with van der Waals surface area (Å²) in [4.78, 5) is 14.3. The number of aryl methyl sites for hydroxylation is 2. The van der Waals surface area contributed by atoms with Gasteiger partial charge in [0.15, 0.2) is 0 Å². The first kappa shape index (κ1) is 16.6. The second kappa shape index (κ2) is 7.13. The Morgan fingerprint density at radius 1 is 1.50 bits per heavy atom. The maximum absolute atomic E-state index is 12.5. The Labute approximate surface area is 141 Å². The Hall–Kier alpha value is -2.21. The highest BCUT2D eigenvalue weighted by atomic mass is 16.4. The lowest BCUT2D eigenvalue weighted by Gasteiger charge is -2.26. The summed E-state index contributed by atoms with van der Waals surface area (Å²) in [5.74, 6) is 2.23. The second-order valence-electron chi connectivity index (χ2n) is 6.35. The summed E-state index contributed by atoms with van der Waals surface area (Å²) in [6, 6.07) is 5.39. The number of nitrogens with one attached hydrogen (secondary N) is 1. The van der Waals surface area contributed by atoms with Crippen LogP contribution in [0.1, 0.15) is 48.2 Å². The topological polar surface area (TPSA) is 78.9 Å². The van der Waals surface area contributed by atoms with E-state index < -0.39 is 6.10 Å². The number of urea groups is 1. The SMILES string of the molecule is Cc1cc(CNC(=O)N2CCCC2CC(O)c2ccco2)c(C)o1. The molecule has 1 aliphatic rings. The fraction of sp³-hybridized carbons (Fsp3) is 0.500. The van der Waals surface area contributed by atoms with E-state index in [4.69, 9.17) is 8.83 Å². The van der Waals surface area contributed by atoms with Gasteiger partial charge in [-0.25, -0.2) is 4.79 Å². The van der Waals surface area contributed by atoms with E-state index >= 15 is 0 Å². The lowest BCUT2D eigenvalue weighted by Crippen LogP contribution is -2.43. The maximum atomic E-state index is 12.5. The molecule has 2 unspecified atom stereocenters. The van der Waals surface area contributed by atoms with E-state index in [1.165, 1.54) is 0 Å². The molecule has 2 aromatic heterocycles. The first-order chi connectivity index (χ1) is 11.5. The Morgan fingerprint density at radius 2 is 2.33 bits per heavy atom. The summed E-state index contributed by atoms with van der Waals surface area (Å²) in [6.07, 6.45) is 3.21. The number of hydrogen-bond donors (Lipinski definition) is 2. The summed E-state index contributed by atoms with van der Waals surface area (Å²) in [5, 5.41) is 13.2. The molecule has 2 aromatic rings. The highest BCUT2D eigenvalue weighted by molar-refractivity contribution is 5.74. The molecule has 3 heterocycles. The standard InChI is InChI=1S/C18H24N2O4/c1-12-9-14(13(2)24-12)11-19-18(22)20-7-3-5-15(20)10-16(21)17-6-4-8-23-17/h4,6,8-9,15-16,21H,3,5,7,10-11H2,1-2H3,(H,19,22). The van der Waals surface area contributed by atoms with Crippen LogP contribution in [-0.2, 0) is 6.54 Å². The highest BCUT2D eigenvalue weighted by Gasteiger charge is 2.31. The molecule has 1 saturated heterocycles. The average Bonchev–Trinajstić information content (AvgIpc) is 3.26. The van der Waals surface area contributed by atoms with Crippen LogP contribution < -0.4 is 5.32 Å². The largest absolute Gasteiger partial charge is 0.467 e. The predicted octanol–water partition coefficient (Wildman–Crippen LogP) is 3.29. The molecule has 6 heteroatoms. The van der Waals surface area contributed by atoms with Crippen molar-refractivity contribution in [3.63, 3.8) is 0 Å². The van der Waals surface area contributed by atoms with Crippen molar-refractivity contribution in [2.45, 2.75) is 51.8 Å². The van der Waals surface area contributed by atoms with Gasteiger partial charge in [-0.15, -0.1) is 0 Å². The third-order valence-electron chi connectivity index (χ3n) is 4.58. The van der Waals surface area contributed by atoms with Crippen molar-refractivity contribution >= 4 is 6.03 Å². The van der Waals surface area contributed by atoms with Crippen molar-refractivity contribution in [2.75, 3.05) is 6.54 Å². The van der Waals surface area contributed by atoms with Crippen LogP contribution in [0, 0.1) is 13.8 Å². The van der Waals surface area contributed by atoms with Gasteiger partial charge in [-0.2, -0.15) is 0 Å². The summed E-state index contributed by atoms with van der Waals surface area (Å²) < 4.78 is 10.7. The number of rotatable bonds is 5. The molecule has 0 aliphatic carbocycles. The molecule has 2 N–H and O–H groups in total. The number of furan rings is 2.